The summed E-state index contributed by atoms with van der Waals surface area (Å²) in [7, 11) is 0. The van der Waals surface area contributed by atoms with Gasteiger partial charge in [0.2, 0.25) is 5.91 Å². The summed E-state index contributed by atoms with van der Waals surface area (Å²) in [5.41, 5.74) is 6.46. The third-order valence-electron chi connectivity index (χ3n) is 3.80. The molecular weight excluding hydrogens is 350 g/mol. The molecule has 0 saturated carbocycles. The molecule has 4 nitrogen and oxygen atoms in total. The molecular formula is C18H21ClF2N2O2. The van der Waals surface area contributed by atoms with E-state index in [1.807, 2.05) is 18.2 Å². The summed E-state index contributed by atoms with van der Waals surface area (Å²) < 4.78 is 28.6. The monoisotopic (exact) mass is 370 g/mol. The molecule has 2 unspecified atom stereocenters. The van der Waals surface area contributed by atoms with E-state index < -0.39 is 12.2 Å². The number of ether oxygens (including phenoxy) is 1. The van der Waals surface area contributed by atoms with Crippen molar-refractivity contribution in [2.24, 2.45) is 5.73 Å². The van der Waals surface area contributed by atoms with E-state index in [-0.39, 0.29) is 30.1 Å². The van der Waals surface area contributed by atoms with E-state index in [0.717, 1.165) is 5.56 Å². The van der Waals surface area contributed by atoms with Crippen LogP contribution in [0.2, 0.25) is 0 Å². The van der Waals surface area contributed by atoms with Crippen molar-refractivity contribution in [1.82, 2.24) is 5.32 Å². The molecule has 0 aliphatic rings. The number of carbonyl (C=O) groups is 1. The van der Waals surface area contributed by atoms with Crippen molar-refractivity contribution in [3.05, 3.63) is 65.7 Å². The molecule has 0 bridgehead atoms. The van der Waals surface area contributed by atoms with Crippen LogP contribution in [0.1, 0.15) is 31.0 Å². The van der Waals surface area contributed by atoms with Crippen LogP contribution in [0, 0.1) is 0 Å². The van der Waals surface area contributed by atoms with Crippen LogP contribution in [0.4, 0.5) is 8.78 Å². The molecule has 1 amide bonds. The smallest absolute Gasteiger partial charge is 0.387 e. The molecule has 7 heteroatoms. The second kappa shape index (κ2) is 8.78. The zero-order valence-electron chi connectivity index (χ0n) is 13.9. The van der Waals surface area contributed by atoms with Gasteiger partial charge in [-0.3, -0.25) is 4.79 Å². The molecule has 0 aliphatic carbocycles. The number of rotatable bonds is 6. The fourth-order valence-corrected chi connectivity index (χ4v) is 2.28. The van der Waals surface area contributed by atoms with Gasteiger partial charge in [-0.05, 0) is 37.1 Å². The van der Waals surface area contributed by atoms with Gasteiger partial charge in [0.25, 0.3) is 0 Å². The van der Waals surface area contributed by atoms with Gasteiger partial charge in [0.05, 0.1) is 6.04 Å². The van der Waals surface area contributed by atoms with Crippen molar-refractivity contribution in [3.8, 4) is 5.75 Å². The van der Waals surface area contributed by atoms with Gasteiger partial charge in [-0.25, -0.2) is 0 Å². The maximum absolute atomic E-state index is 12.5. The molecule has 2 aromatic carbocycles. The van der Waals surface area contributed by atoms with Gasteiger partial charge < -0.3 is 15.8 Å². The third-order valence-corrected chi connectivity index (χ3v) is 3.80. The fourth-order valence-electron chi connectivity index (χ4n) is 2.28. The highest BCUT2D eigenvalue weighted by Gasteiger charge is 2.31. The Hall–Kier alpha value is -2.18. The van der Waals surface area contributed by atoms with Gasteiger partial charge in [-0.2, -0.15) is 8.78 Å². The molecule has 0 heterocycles. The highest BCUT2D eigenvalue weighted by molar-refractivity contribution is 5.87. The number of halogens is 3. The zero-order valence-corrected chi connectivity index (χ0v) is 14.7. The molecule has 3 N–H and O–H groups in total. The predicted octanol–water partition coefficient (Wildman–Crippen LogP) is 3.76. The number of amides is 1. The molecule has 0 spiro atoms. The summed E-state index contributed by atoms with van der Waals surface area (Å²) in [6.07, 6.45) is 0. The number of benzene rings is 2. The zero-order chi connectivity index (χ0) is 17.7. The molecule has 2 aromatic rings. The van der Waals surface area contributed by atoms with E-state index in [0.29, 0.717) is 5.56 Å². The average molecular weight is 371 g/mol. The van der Waals surface area contributed by atoms with Crippen LogP contribution in [0.3, 0.4) is 0 Å². The first-order valence-corrected chi connectivity index (χ1v) is 7.51. The fraction of sp³-hybridized carbons (Fsp3) is 0.278. The number of nitrogens with one attached hydrogen (secondary N) is 1. The summed E-state index contributed by atoms with van der Waals surface area (Å²) in [6.45, 7) is 0.572. The number of carbonyl (C=O) groups excluding carboxylic acids is 1. The Kier molecular flexibility index (Phi) is 7.33. The SMILES string of the molecule is CC(NC(=O)C(C)(N)c1ccccc1)c1ccc(OC(F)F)cc1.Cl. The minimum absolute atomic E-state index is 0. The molecule has 0 aromatic heterocycles. The largest absolute Gasteiger partial charge is 0.435 e. The van der Waals surface area contributed by atoms with E-state index in [2.05, 4.69) is 10.1 Å². The van der Waals surface area contributed by atoms with Gasteiger partial charge in [0.1, 0.15) is 11.3 Å². The molecule has 0 fully saturated rings. The Bertz CT molecular complexity index is 679. The Balaban J connectivity index is 0.00000312. The van der Waals surface area contributed by atoms with Crippen LogP contribution in [-0.4, -0.2) is 12.5 Å². The van der Waals surface area contributed by atoms with Crippen molar-refractivity contribution in [2.45, 2.75) is 32.0 Å². The minimum Gasteiger partial charge on any atom is -0.435 e. The number of nitrogens with two attached hydrogens (primary N) is 1. The van der Waals surface area contributed by atoms with Crippen LogP contribution >= 0.6 is 12.4 Å². The maximum atomic E-state index is 12.5. The van der Waals surface area contributed by atoms with E-state index >= 15 is 0 Å². The molecule has 136 valence electrons. The standard InChI is InChI=1S/C18H20F2N2O2.ClH/c1-12(13-8-10-15(11-9-13)24-17(19)20)22-16(23)18(2,21)14-6-4-3-5-7-14;/h3-12,17H,21H2,1-2H3,(H,22,23);1H. The Labute approximate surface area is 151 Å². The van der Waals surface area contributed by atoms with Gasteiger partial charge in [0, 0.05) is 0 Å². The van der Waals surface area contributed by atoms with Crippen molar-refractivity contribution in [1.29, 1.82) is 0 Å². The first-order chi connectivity index (χ1) is 11.3. The molecule has 0 saturated heterocycles. The lowest BCUT2D eigenvalue weighted by Crippen LogP contribution is -2.49. The Morgan fingerprint density at radius 1 is 1.12 bits per heavy atom. The minimum atomic E-state index is -2.86. The van der Waals surface area contributed by atoms with Crippen LogP contribution in [0.5, 0.6) is 5.75 Å². The van der Waals surface area contributed by atoms with Crippen molar-refractivity contribution < 1.29 is 18.3 Å². The molecule has 25 heavy (non-hydrogen) atoms. The second-order valence-corrected chi connectivity index (χ2v) is 5.71. The summed E-state index contributed by atoms with van der Waals surface area (Å²) in [5, 5.41) is 2.84. The number of alkyl halides is 2. The quantitative estimate of drug-likeness (QED) is 0.813. The van der Waals surface area contributed by atoms with E-state index in [4.69, 9.17) is 5.73 Å². The third kappa shape index (κ3) is 5.41. The summed E-state index contributed by atoms with van der Waals surface area (Å²) in [5.74, 6) is -0.255. The van der Waals surface area contributed by atoms with Crippen molar-refractivity contribution in [2.75, 3.05) is 0 Å². The van der Waals surface area contributed by atoms with Crippen LogP contribution < -0.4 is 15.8 Å². The maximum Gasteiger partial charge on any atom is 0.387 e. The van der Waals surface area contributed by atoms with Crippen molar-refractivity contribution >= 4 is 18.3 Å². The van der Waals surface area contributed by atoms with Crippen LogP contribution in [0.25, 0.3) is 0 Å². The normalized spacial score (nSPS) is 14.2. The van der Waals surface area contributed by atoms with E-state index in [1.54, 1.807) is 38.1 Å². The number of hydrogen-bond acceptors (Lipinski definition) is 3. The molecule has 0 radical (unpaired) electrons. The second-order valence-electron chi connectivity index (χ2n) is 5.71. The highest BCUT2D eigenvalue weighted by atomic mass is 35.5. The molecule has 2 atom stereocenters. The van der Waals surface area contributed by atoms with Crippen LogP contribution in [0.15, 0.2) is 54.6 Å². The van der Waals surface area contributed by atoms with Crippen LogP contribution in [-0.2, 0) is 10.3 Å². The average Bonchev–Trinajstić information content (AvgIpc) is 2.55. The lowest BCUT2D eigenvalue weighted by molar-refractivity contribution is -0.126. The number of hydrogen-bond donors (Lipinski definition) is 2. The topological polar surface area (TPSA) is 64.4 Å². The first-order valence-electron chi connectivity index (χ1n) is 7.51. The summed E-state index contributed by atoms with van der Waals surface area (Å²) >= 11 is 0. The predicted molar refractivity (Wildman–Crippen MR) is 94.9 cm³/mol. The van der Waals surface area contributed by atoms with E-state index in [9.17, 15) is 13.6 Å². The van der Waals surface area contributed by atoms with Gasteiger partial charge in [0.15, 0.2) is 0 Å². The lowest BCUT2D eigenvalue weighted by atomic mass is 9.91. The highest BCUT2D eigenvalue weighted by Crippen LogP contribution is 2.22. The summed E-state index contributed by atoms with van der Waals surface area (Å²) in [6, 6.07) is 14.9. The van der Waals surface area contributed by atoms with E-state index in [1.165, 1.54) is 12.1 Å². The van der Waals surface area contributed by atoms with Crippen molar-refractivity contribution in [3.63, 3.8) is 0 Å². The van der Waals surface area contributed by atoms with Gasteiger partial charge >= 0.3 is 6.61 Å². The van der Waals surface area contributed by atoms with Gasteiger partial charge in [-0.1, -0.05) is 42.5 Å². The first kappa shape index (κ1) is 20.9. The molecule has 0 aliphatic heterocycles. The Morgan fingerprint density at radius 2 is 1.68 bits per heavy atom. The van der Waals surface area contributed by atoms with Gasteiger partial charge in [-0.15, -0.1) is 12.4 Å². The molecule has 2 rings (SSSR count). The summed E-state index contributed by atoms with van der Waals surface area (Å²) in [4.78, 5) is 12.5. The Morgan fingerprint density at radius 3 is 2.20 bits per heavy atom. The lowest BCUT2D eigenvalue weighted by Gasteiger charge is -2.26.